The molecule has 126 valence electrons. The Hall–Kier alpha value is -1.71. The van der Waals surface area contributed by atoms with Crippen molar-refractivity contribution in [3.05, 3.63) is 33.1 Å². The minimum Gasteiger partial charge on any atom is -0.410 e. The predicted octanol–water partition coefficient (Wildman–Crippen LogP) is 3.67. The lowest BCUT2D eigenvalue weighted by molar-refractivity contribution is -0.120. The number of aromatic nitrogens is 3. The van der Waals surface area contributed by atoms with Gasteiger partial charge in [0, 0.05) is 4.88 Å². The van der Waals surface area contributed by atoms with Crippen molar-refractivity contribution >= 4 is 40.3 Å². The fourth-order valence-electron chi connectivity index (χ4n) is 2.01. The predicted molar refractivity (Wildman–Crippen MR) is 96.4 cm³/mol. The molecule has 3 heterocycles. The average Bonchev–Trinajstić information content (AvgIpc) is 3.26. The van der Waals surface area contributed by atoms with Gasteiger partial charge < -0.3 is 9.73 Å². The lowest BCUT2D eigenvalue weighted by atomic mass is 10.4. The lowest BCUT2D eigenvalue weighted by Crippen LogP contribution is -2.30. The van der Waals surface area contributed by atoms with Gasteiger partial charge in [0.2, 0.25) is 5.91 Å². The van der Waals surface area contributed by atoms with Gasteiger partial charge in [-0.25, -0.2) is 4.98 Å². The van der Waals surface area contributed by atoms with Gasteiger partial charge >= 0.3 is 0 Å². The second kappa shape index (κ2) is 7.45. The van der Waals surface area contributed by atoms with E-state index in [0.29, 0.717) is 17.7 Å². The SMILES string of the molecule is Cc1nc(C)c(-c2nnc(S[C@@H](C)C(=O)NCc3cccs3)o2)s1. The van der Waals surface area contributed by atoms with Gasteiger partial charge in [-0.05, 0) is 32.2 Å². The van der Waals surface area contributed by atoms with E-state index in [-0.39, 0.29) is 11.2 Å². The Balaban J connectivity index is 1.59. The molecule has 3 aromatic rings. The van der Waals surface area contributed by atoms with Crippen LogP contribution >= 0.6 is 34.4 Å². The van der Waals surface area contributed by atoms with E-state index in [4.69, 9.17) is 4.42 Å². The molecule has 3 aromatic heterocycles. The molecule has 0 unspecified atom stereocenters. The van der Waals surface area contributed by atoms with E-state index >= 15 is 0 Å². The second-order valence-electron chi connectivity index (χ2n) is 5.08. The number of carbonyl (C=O) groups is 1. The molecule has 24 heavy (non-hydrogen) atoms. The highest BCUT2D eigenvalue weighted by molar-refractivity contribution is 8.00. The standard InChI is InChI=1S/C15H16N4O2S3/c1-8-12(24-10(3)17-8)14-18-19-15(21-14)23-9(2)13(20)16-7-11-5-4-6-22-11/h4-6,9H,7H2,1-3H3,(H,16,20)/t9-/m0/s1. The summed E-state index contributed by atoms with van der Waals surface area (Å²) in [5, 5.41) is 14.0. The Morgan fingerprint density at radius 1 is 1.42 bits per heavy atom. The van der Waals surface area contributed by atoms with Gasteiger partial charge in [-0.15, -0.1) is 32.9 Å². The summed E-state index contributed by atoms with van der Waals surface area (Å²) in [4.78, 5) is 18.5. The number of thioether (sulfide) groups is 1. The molecule has 0 aliphatic rings. The van der Waals surface area contributed by atoms with Crippen LogP contribution < -0.4 is 5.32 Å². The molecule has 1 atom stereocenters. The van der Waals surface area contributed by atoms with Gasteiger partial charge in [-0.1, -0.05) is 17.8 Å². The van der Waals surface area contributed by atoms with Crippen LogP contribution in [-0.2, 0) is 11.3 Å². The highest BCUT2D eigenvalue weighted by Crippen LogP contribution is 2.31. The molecule has 0 saturated heterocycles. The van der Waals surface area contributed by atoms with Crippen molar-refractivity contribution in [2.75, 3.05) is 0 Å². The van der Waals surface area contributed by atoms with Gasteiger partial charge in [0.05, 0.1) is 22.5 Å². The number of amides is 1. The fourth-order valence-corrected chi connectivity index (χ4v) is 4.21. The van der Waals surface area contributed by atoms with Crippen LogP contribution in [0.1, 0.15) is 22.5 Å². The van der Waals surface area contributed by atoms with Crippen molar-refractivity contribution in [1.82, 2.24) is 20.5 Å². The zero-order valence-electron chi connectivity index (χ0n) is 13.4. The molecule has 0 aliphatic heterocycles. The Morgan fingerprint density at radius 3 is 2.92 bits per heavy atom. The van der Waals surface area contributed by atoms with Crippen LogP contribution in [0.15, 0.2) is 27.2 Å². The summed E-state index contributed by atoms with van der Waals surface area (Å²) in [6.07, 6.45) is 0. The van der Waals surface area contributed by atoms with Crippen molar-refractivity contribution in [1.29, 1.82) is 0 Å². The number of hydrogen-bond acceptors (Lipinski definition) is 8. The third-order valence-corrected chi connectivity index (χ3v) is 6.04. The summed E-state index contributed by atoms with van der Waals surface area (Å²) in [7, 11) is 0. The summed E-state index contributed by atoms with van der Waals surface area (Å²) in [6.45, 7) is 6.21. The number of carbonyl (C=O) groups excluding carboxylic acids is 1. The third kappa shape index (κ3) is 4.03. The molecule has 0 saturated carbocycles. The van der Waals surface area contributed by atoms with E-state index in [1.54, 1.807) is 11.3 Å². The molecule has 0 aromatic carbocycles. The molecular weight excluding hydrogens is 364 g/mol. The molecule has 0 radical (unpaired) electrons. The normalized spacial score (nSPS) is 12.3. The van der Waals surface area contributed by atoms with Crippen LogP contribution in [0.3, 0.4) is 0 Å². The number of rotatable bonds is 6. The van der Waals surface area contributed by atoms with E-state index in [1.807, 2.05) is 38.3 Å². The van der Waals surface area contributed by atoms with Gasteiger partial charge in [-0.2, -0.15) is 0 Å². The Kier molecular flexibility index (Phi) is 5.32. The van der Waals surface area contributed by atoms with Crippen molar-refractivity contribution in [3.63, 3.8) is 0 Å². The van der Waals surface area contributed by atoms with Gasteiger partial charge in [0.15, 0.2) is 0 Å². The molecule has 0 bridgehead atoms. The molecule has 0 fully saturated rings. The van der Waals surface area contributed by atoms with E-state index in [1.165, 1.54) is 23.1 Å². The van der Waals surface area contributed by atoms with Crippen LogP contribution in [0.25, 0.3) is 10.8 Å². The van der Waals surface area contributed by atoms with Crippen molar-refractivity contribution in [3.8, 4) is 10.8 Å². The number of aryl methyl sites for hydroxylation is 2. The molecular formula is C15H16N4O2S3. The first-order valence-corrected chi connectivity index (χ1v) is 9.85. The maximum atomic E-state index is 12.2. The summed E-state index contributed by atoms with van der Waals surface area (Å²) >= 11 is 4.39. The first-order valence-electron chi connectivity index (χ1n) is 7.27. The average molecular weight is 381 g/mol. The molecule has 0 spiro atoms. The Morgan fingerprint density at radius 2 is 2.25 bits per heavy atom. The minimum absolute atomic E-state index is 0.0574. The van der Waals surface area contributed by atoms with E-state index < -0.39 is 0 Å². The van der Waals surface area contributed by atoms with Crippen molar-refractivity contribution in [2.24, 2.45) is 0 Å². The molecule has 0 aliphatic carbocycles. The number of nitrogens with one attached hydrogen (secondary N) is 1. The molecule has 9 heteroatoms. The van der Waals surface area contributed by atoms with Crippen LogP contribution in [0.5, 0.6) is 0 Å². The van der Waals surface area contributed by atoms with E-state index in [2.05, 4.69) is 20.5 Å². The van der Waals surface area contributed by atoms with E-state index in [0.717, 1.165) is 20.5 Å². The first kappa shape index (κ1) is 17.1. The fraction of sp³-hybridized carbons (Fsp3) is 0.333. The molecule has 1 N–H and O–H groups in total. The zero-order valence-corrected chi connectivity index (χ0v) is 15.8. The maximum absolute atomic E-state index is 12.2. The zero-order chi connectivity index (χ0) is 17.1. The number of nitrogens with zero attached hydrogens (tertiary/aromatic N) is 3. The molecule has 6 nitrogen and oxygen atoms in total. The topological polar surface area (TPSA) is 80.9 Å². The largest absolute Gasteiger partial charge is 0.410 e. The molecule has 1 amide bonds. The smallest absolute Gasteiger partial charge is 0.277 e. The summed E-state index contributed by atoms with van der Waals surface area (Å²) in [6, 6.07) is 3.96. The van der Waals surface area contributed by atoms with Crippen LogP contribution in [0.4, 0.5) is 0 Å². The van der Waals surface area contributed by atoms with Crippen LogP contribution in [0, 0.1) is 13.8 Å². The van der Waals surface area contributed by atoms with Crippen LogP contribution in [-0.4, -0.2) is 26.3 Å². The lowest BCUT2D eigenvalue weighted by Gasteiger charge is -2.08. The van der Waals surface area contributed by atoms with Gasteiger partial charge in [0.1, 0.15) is 4.88 Å². The Bertz CT molecular complexity index is 826. The molecule has 3 rings (SSSR count). The highest BCUT2D eigenvalue weighted by Gasteiger charge is 2.20. The third-order valence-electron chi connectivity index (χ3n) is 3.17. The van der Waals surface area contributed by atoms with E-state index in [9.17, 15) is 4.79 Å². The highest BCUT2D eigenvalue weighted by atomic mass is 32.2. The second-order valence-corrected chi connectivity index (χ2v) is 8.61. The summed E-state index contributed by atoms with van der Waals surface area (Å²) in [5.41, 5.74) is 0.874. The van der Waals surface area contributed by atoms with Gasteiger partial charge in [-0.3, -0.25) is 4.79 Å². The van der Waals surface area contributed by atoms with Crippen molar-refractivity contribution in [2.45, 2.75) is 37.8 Å². The first-order chi connectivity index (χ1) is 11.5. The quantitative estimate of drug-likeness (QED) is 0.657. The minimum atomic E-state index is -0.317. The van der Waals surface area contributed by atoms with Crippen LogP contribution in [0.2, 0.25) is 0 Å². The Labute approximate surface area is 151 Å². The van der Waals surface area contributed by atoms with Crippen molar-refractivity contribution < 1.29 is 9.21 Å². The summed E-state index contributed by atoms with van der Waals surface area (Å²) < 4.78 is 5.67. The number of thiophene rings is 1. The maximum Gasteiger partial charge on any atom is 0.277 e. The van der Waals surface area contributed by atoms with Gasteiger partial charge in [0.25, 0.3) is 11.1 Å². The number of hydrogen-bond donors (Lipinski definition) is 1. The number of thiazole rings is 1. The monoisotopic (exact) mass is 380 g/mol. The summed E-state index contributed by atoms with van der Waals surface area (Å²) in [5.74, 6) is 0.393.